The molecule has 1 atom stereocenters. The van der Waals surface area contributed by atoms with Gasteiger partial charge in [-0.15, -0.1) is 10.2 Å². The number of carbonyl (C=O) groups is 1. The molecule has 0 amide bonds. The van der Waals surface area contributed by atoms with Gasteiger partial charge in [0.05, 0.1) is 24.1 Å². The Kier molecular flexibility index (Phi) is 5.59. The molecule has 1 unspecified atom stereocenters. The number of Topliss-reactive ketones (excluding diaryl/α,β-unsaturated/α-hetero) is 1. The number of hydrogen-bond donors (Lipinski definition) is 1. The zero-order valence-electron chi connectivity index (χ0n) is 14.9. The minimum atomic E-state index is 0.0752. The second-order valence-corrected chi connectivity index (χ2v) is 7.81. The second kappa shape index (κ2) is 8.26. The topological polar surface area (TPSA) is 76.0 Å². The van der Waals surface area contributed by atoms with Crippen LogP contribution in [0.3, 0.4) is 0 Å². The molecule has 7 nitrogen and oxygen atoms in total. The van der Waals surface area contributed by atoms with Crippen molar-refractivity contribution in [1.29, 1.82) is 0 Å². The van der Waals surface area contributed by atoms with Gasteiger partial charge in [0.2, 0.25) is 5.95 Å². The lowest BCUT2D eigenvalue weighted by Gasteiger charge is -2.28. The maximum atomic E-state index is 12.3. The number of H-pyrrole nitrogens is 1. The molecule has 4 heterocycles. The number of nitrogens with zero attached hydrogens (tertiary/aromatic N) is 4. The fourth-order valence-corrected chi connectivity index (χ4v) is 4.41. The van der Waals surface area contributed by atoms with Crippen LogP contribution in [0.25, 0.3) is 0 Å². The second-order valence-electron chi connectivity index (χ2n) is 6.87. The Balaban J connectivity index is 1.50. The number of thioether (sulfide) groups is 1. The van der Waals surface area contributed by atoms with Gasteiger partial charge in [0.15, 0.2) is 10.9 Å². The van der Waals surface area contributed by atoms with Gasteiger partial charge in [0, 0.05) is 25.9 Å². The summed E-state index contributed by atoms with van der Waals surface area (Å²) in [6, 6.07) is 3.64. The summed E-state index contributed by atoms with van der Waals surface area (Å²) in [5, 5.41) is 9.68. The summed E-state index contributed by atoms with van der Waals surface area (Å²) in [6.45, 7) is 3.64. The third-order valence-electron chi connectivity index (χ3n) is 4.98. The van der Waals surface area contributed by atoms with Crippen molar-refractivity contribution in [3.63, 3.8) is 0 Å². The molecule has 2 saturated heterocycles. The average Bonchev–Trinajstić information content (AvgIpc) is 3.43. The number of aromatic nitrogens is 4. The Hall–Kier alpha value is -1.80. The van der Waals surface area contributed by atoms with Crippen molar-refractivity contribution < 1.29 is 9.53 Å². The normalized spacial score (nSPS) is 20.6. The summed E-state index contributed by atoms with van der Waals surface area (Å²) in [4.78, 5) is 17.6. The summed E-state index contributed by atoms with van der Waals surface area (Å²) < 4.78 is 7.99. The largest absolute Gasteiger partial charge is 0.376 e. The highest BCUT2D eigenvalue weighted by atomic mass is 32.2. The smallest absolute Gasteiger partial charge is 0.228 e. The van der Waals surface area contributed by atoms with Gasteiger partial charge in [-0.25, -0.2) is 0 Å². The van der Waals surface area contributed by atoms with Gasteiger partial charge in [-0.1, -0.05) is 11.8 Å². The molecule has 0 aromatic carbocycles. The van der Waals surface area contributed by atoms with Crippen LogP contribution < -0.4 is 4.90 Å². The van der Waals surface area contributed by atoms with Crippen molar-refractivity contribution in [2.75, 3.05) is 30.3 Å². The van der Waals surface area contributed by atoms with Crippen molar-refractivity contribution in [3.05, 3.63) is 24.0 Å². The predicted octanol–water partition coefficient (Wildman–Crippen LogP) is 2.75. The van der Waals surface area contributed by atoms with Crippen molar-refractivity contribution in [1.82, 2.24) is 19.7 Å². The fraction of sp³-hybridized carbons (Fsp3) is 0.611. The van der Waals surface area contributed by atoms with E-state index in [4.69, 9.17) is 4.74 Å². The van der Waals surface area contributed by atoms with E-state index >= 15 is 0 Å². The van der Waals surface area contributed by atoms with Crippen LogP contribution in [-0.2, 0) is 11.3 Å². The lowest BCUT2D eigenvalue weighted by Crippen LogP contribution is -2.33. The van der Waals surface area contributed by atoms with Gasteiger partial charge in [-0.3, -0.25) is 9.36 Å². The third-order valence-corrected chi connectivity index (χ3v) is 5.94. The summed E-state index contributed by atoms with van der Waals surface area (Å²) in [5.41, 5.74) is 0.638. The molecule has 0 bridgehead atoms. The van der Waals surface area contributed by atoms with Crippen LogP contribution in [0.1, 0.15) is 42.6 Å². The molecule has 2 aliphatic rings. The van der Waals surface area contributed by atoms with Crippen LogP contribution in [0, 0.1) is 0 Å². The standard InChI is InChI=1S/C18H25N5O2S/c24-16(15-7-4-8-19-15)13-26-18-21-20-17(22-9-2-1-3-10-22)23(18)12-14-6-5-11-25-14/h4,7-8,14,19H,1-3,5-6,9-13H2. The summed E-state index contributed by atoms with van der Waals surface area (Å²) >= 11 is 1.46. The molecule has 0 radical (unpaired) electrons. The molecular weight excluding hydrogens is 350 g/mol. The first-order valence-electron chi connectivity index (χ1n) is 9.40. The molecule has 26 heavy (non-hydrogen) atoms. The van der Waals surface area contributed by atoms with Crippen LogP contribution >= 0.6 is 11.8 Å². The molecule has 2 aromatic rings. The molecule has 0 saturated carbocycles. The number of rotatable bonds is 7. The minimum absolute atomic E-state index is 0.0752. The van der Waals surface area contributed by atoms with E-state index in [2.05, 4.69) is 24.6 Å². The fourth-order valence-electron chi connectivity index (χ4n) is 3.58. The van der Waals surface area contributed by atoms with E-state index in [-0.39, 0.29) is 11.9 Å². The Morgan fingerprint density at radius 2 is 2.15 bits per heavy atom. The van der Waals surface area contributed by atoms with Gasteiger partial charge in [0.25, 0.3) is 0 Å². The molecule has 4 rings (SSSR count). The first kappa shape index (κ1) is 17.6. The molecule has 2 fully saturated rings. The van der Waals surface area contributed by atoms with E-state index in [0.717, 1.165) is 50.2 Å². The Morgan fingerprint density at radius 3 is 2.88 bits per heavy atom. The zero-order chi connectivity index (χ0) is 17.8. The summed E-state index contributed by atoms with van der Waals surface area (Å²) in [7, 11) is 0. The van der Waals surface area contributed by atoms with Crippen LogP contribution in [-0.4, -0.2) is 57.1 Å². The number of carbonyl (C=O) groups excluding carboxylic acids is 1. The first-order valence-corrected chi connectivity index (χ1v) is 10.4. The van der Waals surface area contributed by atoms with Crippen molar-refractivity contribution >= 4 is 23.5 Å². The van der Waals surface area contributed by atoms with Crippen LogP contribution in [0.4, 0.5) is 5.95 Å². The number of piperidine rings is 1. The van der Waals surface area contributed by atoms with Crippen molar-refractivity contribution in [2.45, 2.75) is 49.9 Å². The number of ether oxygens (including phenoxy) is 1. The van der Waals surface area contributed by atoms with Gasteiger partial charge in [-0.05, 0) is 44.2 Å². The van der Waals surface area contributed by atoms with E-state index in [1.165, 1.54) is 31.0 Å². The average molecular weight is 375 g/mol. The SMILES string of the molecule is O=C(CSc1nnc(N2CCCCC2)n1CC1CCCO1)c1ccc[nH]1. The van der Waals surface area contributed by atoms with Gasteiger partial charge in [0.1, 0.15) is 0 Å². The number of aromatic amines is 1. The summed E-state index contributed by atoms with van der Waals surface area (Å²) in [5.74, 6) is 1.35. The van der Waals surface area contributed by atoms with Gasteiger partial charge >= 0.3 is 0 Å². The Bertz CT molecular complexity index is 718. The minimum Gasteiger partial charge on any atom is -0.376 e. The monoisotopic (exact) mass is 375 g/mol. The molecule has 1 N–H and O–H groups in total. The quantitative estimate of drug-likeness (QED) is 0.592. The zero-order valence-corrected chi connectivity index (χ0v) is 15.7. The third kappa shape index (κ3) is 3.96. The van der Waals surface area contributed by atoms with E-state index in [0.29, 0.717) is 11.4 Å². The number of ketones is 1. The van der Waals surface area contributed by atoms with Gasteiger partial charge in [-0.2, -0.15) is 0 Å². The predicted molar refractivity (Wildman–Crippen MR) is 101 cm³/mol. The molecular formula is C18H25N5O2S. The van der Waals surface area contributed by atoms with Gasteiger partial charge < -0.3 is 14.6 Å². The highest BCUT2D eigenvalue weighted by Crippen LogP contribution is 2.27. The van der Waals surface area contributed by atoms with E-state index in [9.17, 15) is 4.79 Å². The van der Waals surface area contributed by atoms with E-state index in [1.807, 2.05) is 6.07 Å². The molecule has 8 heteroatoms. The molecule has 2 aromatic heterocycles. The number of nitrogens with one attached hydrogen (secondary N) is 1. The molecule has 0 spiro atoms. The van der Waals surface area contributed by atoms with E-state index in [1.54, 1.807) is 12.3 Å². The van der Waals surface area contributed by atoms with Crippen molar-refractivity contribution in [3.8, 4) is 0 Å². The number of hydrogen-bond acceptors (Lipinski definition) is 6. The lowest BCUT2D eigenvalue weighted by molar-refractivity contribution is 0.0951. The van der Waals surface area contributed by atoms with Crippen LogP contribution in [0.15, 0.2) is 23.5 Å². The highest BCUT2D eigenvalue weighted by Gasteiger charge is 2.25. The maximum Gasteiger partial charge on any atom is 0.228 e. The first-order chi connectivity index (χ1) is 12.8. The lowest BCUT2D eigenvalue weighted by atomic mass is 10.1. The maximum absolute atomic E-state index is 12.3. The summed E-state index contributed by atoms with van der Waals surface area (Å²) in [6.07, 6.45) is 7.84. The van der Waals surface area contributed by atoms with Crippen LogP contribution in [0.2, 0.25) is 0 Å². The van der Waals surface area contributed by atoms with E-state index < -0.39 is 0 Å². The number of anilines is 1. The molecule has 2 aliphatic heterocycles. The highest BCUT2D eigenvalue weighted by molar-refractivity contribution is 7.99. The van der Waals surface area contributed by atoms with Crippen molar-refractivity contribution in [2.24, 2.45) is 0 Å². The molecule has 0 aliphatic carbocycles. The molecule has 140 valence electrons. The van der Waals surface area contributed by atoms with Crippen LogP contribution in [0.5, 0.6) is 0 Å². The Labute approximate surface area is 157 Å². The Morgan fingerprint density at radius 1 is 1.27 bits per heavy atom.